The molecule has 0 bridgehead atoms. The number of hydrogen-bond acceptors (Lipinski definition) is 3. The van der Waals surface area contributed by atoms with Crippen LogP contribution in [0.5, 0.6) is 5.75 Å². The van der Waals surface area contributed by atoms with Gasteiger partial charge < -0.3 is 20.5 Å². The van der Waals surface area contributed by atoms with Gasteiger partial charge in [-0.15, -0.1) is 0 Å². The Morgan fingerprint density at radius 3 is 3.15 bits per heavy atom. The van der Waals surface area contributed by atoms with Gasteiger partial charge in [0.25, 0.3) is 0 Å². The molecule has 0 aromatic heterocycles. The predicted octanol–water partition coefficient (Wildman–Crippen LogP) is 1.72. The maximum atomic E-state index is 13.2. The van der Waals surface area contributed by atoms with Crippen LogP contribution in [0.15, 0.2) is 18.2 Å². The van der Waals surface area contributed by atoms with Crippen LogP contribution >= 0.6 is 0 Å². The summed E-state index contributed by atoms with van der Waals surface area (Å²) in [5, 5.41) is 14.4. The first-order valence-corrected chi connectivity index (χ1v) is 6.70. The van der Waals surface area contributed by atoms with Gasteiger partial charge in [0.1, 0.15) is 11.6 Å². The average Bonchev–Trinajstić information content (AvgIpc) is 2.60. The van der Waals surface area contributed by atoms with Gasteiger partial charge in [-0.05, 0) is 25.8 Å². The first-order valence-electron chi connectivity index (χ1n) is 6.70. The summed E-state index contributed by atoms with van der Waals surface area (Å²) in [5.74, 6) is 0.116. The maximum absolute atomic E-state index is 13.2. The van der Waals surface area contributed by atoms with E-state index in [0.29, 0.717) is 12.4 Å². The standard InChI is InChI=1S/C14H19FN2O3/c1-9(8-18)16-14(19)17-12-3-2-6-20-13-7-10(15)4-5-11(12)13/h4-5,7,9,12,18H,2-3,6,8H2,1H3,(H2,16,17,19)/t9-,12?/m0/s1. The van der Waals surface area contributed by atoms with E-state index in [9.17, 15) is 9.18 Å². The van der Waals surface area contributed by atoms with Crippen molar-refractivity contribution in [3.05, 3.63) is 29.6 Å². The number of nitrogens with one attached hydrogen (secondary N) is 2. The summed E-state index contributed by atoms with van der Waals surface area (Å²) in [6, 6.07) is 3.44. The number of ether oxygens (including phenoxy) is 1. The van der Waals surface area contributed by atoms with Crippen LogP contribution in [-0.2, 0) is 0 Å². The molecule has 0 fully saturated rings. The third-order valence-corrected chi connectivity index (χ3v) is 3.20. The minimum Gasteiger partial charge on any atom is -0.493 e. The smallest absolute Gasteiger partial charge is 0.315 e. The number of aliphatic hydroxyl groups excluding tert-OH is 1. The minimum atomic E-state index is -0.359. The number of carbonyl (C=O) groups excluding carboxylic acids is 1. The number of carbonyl (C=O) groups is 1. The molecule has 3 N–H and O–H groups in total. The van der Waals surface area contributed by atoms with Crippen molar-refractivity contribution in [1.82, 2.24) is 10.6 Å². The molecule has 2 atom stereocenters. The molecular weight excluding hydrogens is 263 g/mol. The Balaban J connectivity index is 2.10. The molecule has 1 heterocycles. The first-order chi connectivity index (χ1) is 9.60. The lowest BCUT2D eigenvalue weighted by Crippen LogP contribution is -2.43. The molecule has 0 aliphatic carbocycles. The van der Waals surface area contributed by atoms with Crippen LogP contribution in [0.4, 0.5) is 9.18 Å². The monoisotopic (exact) mass is 282 g/mol. The third kappa shape index (κ3) is 3.60. The zero-order chi connectivity index (χ0) is 14.5. The highest BCUT2D eigenvalue weighted by molar-refractivity contribution is 5.75. The van der Waals surface area contributed by atoms with Gasteiger partial charge in [0.05, 0.1) is 25.3 Å². The van der Waals surface area contributed by atoms with E-state index in [4.69, 9.17) is 9.84 Å². The van der Waals surface area contributed by atoms with Gasteiger partial charge in [-0.1, -0.05) is 6.07 Å². The van der Waals surface area contributed by atoms with Crippen molar-refractivity contribution in [2.75, 3.05) is 13.2 Å². The summed E-state index contributed by atoms with van der Waals surface area (Å²) >= 11 is 0. The molecule has 5 nitrogen and oxygen atoms in total. The fourth-order valence-corrected chi connectivity index (χ4v) is 2.17. The van der Waals surface area contributed by atoms with E-state index in [2.05, 4.69) is 10.6 Å². The second-order valence-electron chi connectivity index (χ2n) is 4.93. The lowest BCUT2D eigenvalue weighted by Gasteiger charge is -2.20. The Hall–Kier alpha value is -1.82. The van der Waals surface area contributed by atoms with Crippen LogP contribution in [0.2, 0.25) is 0 Å². The summed E-state index contributed by atoms with van der Waals surface area (Å²) in [4.78, 5) is 11.8. The van der Waals surface area contributed by atoms with E-state index in [-0.39, 0.29) is 30.5 Å². The Labute approximate surface area is 117 Å². The van der Waals surface area contributed by atoms with Crippen LogP contribution < -0.4 is 15.4 Å². The number of benzene rings is 1. The van der Waals surface area contributed by atoms with E-state index in [1.54, 1.807) is 13.0 Å². The van der Waals surface area contributed by atoms with E-state index >= 15 is 0 Å². The highest BCUT2D eigenvalue weighted by atomic mass is 19.1. The molecule has 1 aliphatic heterocycles. The number of rotatable bonds is 3. The zero-order valence-electron chi connectivity index (χ0n) is 11.4. The summed E-state index contributed by atoms with van der Waals surface area (Å²) in [7, 11) is 0. The van der Waals surface area contributed by atoms with Crippen molar-refractivity contribution in [3.8, 4) is 5.75 Å². The predicted molar refractivity (Wildman–Crippen MR) is 72.1 cm³/mol. The molecule has 1 unspecified atom stereocenters. The summed E-state index contributed by atoms with van der Waals surface area (Å²) in [6.07, 6.45) is 1.50. The van der Waals surface area contributed by atoms with Crippen LogP contribution in [0.1, 0.15) is 31.4 Å². The molecule has 0 saturated heterocycles. The third-order valence-electron chi connectivity index (χ3n) is 3.20. The summed E-state index contributed by atoms with van der Waals surface area (Å²) < 4.78 is 18.7. The zero-order valence-corrected chi connectivity index (χ0v) is 11.4. The van der Waals surface area contributed by atoms with Crippen molar-refractivity contribution in [2.24, 2.45) is 0 Å². The lowest BCUT2D eigenvalue weighted by molar-refractivity contribution is 0.217. The van der Waals surface area contributed by atoms with Crippen molar-refractivity contribution >= 4 is 6.03 Å². The molecule has 6 heteroatoms. The molecule has 0 saturated carbocycles. The van der Waals surface area contributed by atoms with Gasteiger partial charge in [0, 0.05) is 11.6 Å². The summed E-state index contributed by atoms with van der Waals surface area (Å²) in [5.41, 5.74) is 0.774. The largest absolute Gasteiger partial charge is 0.493 e. The van der Waals surface area contributed by atoms with E-state index < -0.39 is 0 Å². The van der Waals surface area contributed by atoms with Gasteiger partial charge in [0.2, 0.25) is 0 Å². The van der Waals surface area contributed by atoms with E-state index in [0.717, 1.165) is 18.4 Å². The van der Waals surface area contributed by atoms with Crippen molar-refractivity contribution < 1.29 is 19.0 Å². The number of urea groups is 1. The SMILES string of the molecule is C[C@@H](CO)NC(=O)NC1CCCOc2cc(F)ccc21. The van der Waals surface area contributed by atoms with Crippen LogP contribution in [-0.4, -0.2) is 30.4 Å². The normalized spacial score (nSPS) is 19.2. The molecular formula is C14H19FN2O3. The average molecular weight is 282 g/mol. The van der Waals surface area contributed by atoms with E-state index in [1.807, 2.05) is 0 Å². The molecule has 2 amide bonds. The van der Waals surface area contributed by atoms with Crippen LogP contribution in [0.3, 0.4) is 0 Å². The lowest BCUT2D eigenvalue weighted by atomic mass is 10.0. The number of amides is 2. The highest BCUT2D eigenvalue weighted by Gasteiger charge is 2.22. The van der Waals surface area contributed by atoms with Gasteiger partial charge in [-0.2, -0.15) is 0 Å². The number of aliphatic hydroxyl groups is 1. The molecule has 0 spiro atoms. The Morgan fingerprint density at radius 1 is 1.60 bits per heavy atom. The number of hydrogen-bond donors (Lipinski definition) is 3. The molecule has 1 aliphatic rings. The highest BCUT2D eigenvalue weighted by Crippen LogP contribution is 2.31. The van der Waals surface area contributed by atoms with E-state index in [1.165, 1.54) is 12.1 Å². The molecule has 20 heavy (non-hydrogen) atoms. The Kier molecular flexibility index (Phi) is 4.79. The fraction of sp³-hybridized carbons (Fsp3) is 0.500. The summed E-state index contributed by atoms with van der Waals surface area (Å²) in [6.45, 7) is 2.09. The van der Waals surface area contributed by atoms with Gasteiger partial charge in [-0.25, -0.2) is 9.18 Å². The molecule has 110 valence electrons. The maximum Gasteiger partial charge on any atom is 0.315 e. The van der Waals surface area contributed by atoms with Gasteiger partial charge in [-0.3, -0.25) is 0 Å². The Bertz CT molecular complexity index is 481. The molecule has 1 aromatic rings. The van der Waals surface area contributed by atoms with Crippen molar-refractivity contribution in [2.45, 2.75) is 31.8 Å². The Morgan fingerprint density at radius 2 is 2.40 bits per heavy atom. The molecule has 1 aromatic carbocycles. The first kappa shape index (κ1) is 14.6. The fourth-order valence-electron chi connectivity index (χ4n) is 2.17. The molecule has 0 radical (unpaired) electrons. The quantitative estimate of drug-likeness (QED) is 0.790. The number of halogens is 1. The topological polar surface area (TPSA) is 70.6 Å². The van der Waals surface area contributed by atoms with Crippen LogP contribution in [0, 0.1) is 5.82 Å². The van der Waals surface area contributed by atoms with Gasteiger partial charge in [0.15, 0.2) is 0 Å². The van der Waals surface area contributed by atoms with Gasteiger partial charge >= 0.3 is 6.03 Å². The number of fused-ring (bicyclic) bond motifs is 1. The molecule has 2 rings (SSSR count). The van der Waals surface area contributed by atoms with Crippen molar-refractivity contribution in [3.63, 3.8) is 0 Å². The second kappa shape index (κ2) is 6.56. The minimum absolute atomic E-state index is 0.122. The van der Waals surface area contributed by atoms with Crippen LogP contribution in [0.25, 0.3) is 0 Å². The van der Waals surface area contributed by atoms with Crippen molar-refractivity contribution in [1.29, 1.82) is 0 Å². The second-order valence-corrected chi connectivity index (χ2v) is 4.93.